The van der Waals surface area contributed by atoms with E-state index in [2.05, 4.69) is 40.1 Å². The lowest BCUT2D eigenvalue weighted by Crippen LogP contribution is -1.92. The van der Waals surface area contributed by atoms with Gasteiger partial charge >= 0.3 is 0 Å². The predicted octanol–water partition coefficient (Wildman–Crippen LogP) is 3.03. The Morgan fingerprint density at radius 3 is 2.84 bits per heavy atom. The summed E-state index contributed by atoms with van der Waals surface area (Å²) in [6, 6.07) is 5.71. The summed E-state index contributed by atoms with van der Waals surface area (Å²) in [6.45, 7) is 1.95. The fourth-order valence-corrected chi connectivity index (χ4v) is 3.63. The molecule has 0 aliphatic carbocycles. The van der Waals surface area contributed by atoms with Gasteiger partial charge in [-0.05, 0) is 25.1 Å². The number of hydrogen-bond acceptors (Lipinski definition) is 7. The monoisotopic (exact) mass is 408 g/mol. The number of anilines is 1. The Morgan fingerprint density at radius 1 is 1.06 bits per heavy atom. The van der Waals surface area contributed by atoms with Gasteiger partial charge in [0.1, 0.15) is 11.2 Å². The molecular formula is C21H16N10. The Bertz CT molecular complexity index is 1570. The van der Waals surface area contributed by atoms with E-state index in [9.17, 15) is 0 Å². The molecule has 0 saturated carbocycles. The molecule has 0 aromatic carbocycles. The summed E-state index contributed by atoms with van der Waals surface area (Å²) in [5, 5.41) is 8.38. The number of rotatable bonds is 3. The molecule has 0 radical (unpaired) electrons. The van der Waals surface area contributed by atoms with Crippen LogP contribution in [0.15, 0.2) is 55.5 Å². The number of nitrogens with zero attached hydrogens (tertiary/aromatic N) is 7. The maximum atomic E-state index is 5.88. The molecule has 0 aliphatic rings. The number of aryl methyl sites for hydroxylation is 1. The van der Waals surface area contributed by atoms with Crippen molar-refractivity contribution in [2.45, 2.75) is 6.92 Å². The van der Waals surface area contributed by atoms with Gasteiger partial charge in [0, 0.05) is 35.7 Å². The third-order valence-electron chi connectivity index (χ3n) is 5.09. The van der Waals surface area contributed by atoms with E-state index in [1.54, 1.807) is 31.1 Å². The highest BCUT2D eigenvalue weighted by Crippen LogP contribution is 2.30. The normalized spacial score (nSPS) is 11.5. The quantitative estimate of drug-likeness (QED) is 0.409. The molecule has 6 aromatic heterocycles. The molecule has 10 heteroatoms. The minimum Gasteiger partial charge on any atom is -0.397 e. The summed E-state index contributed by atoms with van der Waals surface area (Å²) in [4.78, 5) is 25.4. The Hall–Kier alpha value is -4.60. The minimum atomic E-state index is 0.581. The van der Waals surface area contributed by atoms with E-state index >= 15 is 0 Å². The second-order valence-electron chi connectivity index (χ2n) is 7.23. The fraction of sp³-hybridized carbons (Fsp3) is 0.0476. The number of nitrogens with two attached hydrogens (primary N) is 1. The van der Waals surface area contributed by atoms with Gasteiger partial charge in [-0.3, -0.25) is 15.1 Å². The molecule has 4 N–H and O–H groups in total. The van der Waals surface area contributed by atoms with Crippen LogP contribution in [0.3, 0.4) is 0 Å². The molecule has 0 aliphatic heterocycles. The lowest BCUT2D eigenvalue weighted by Gasteiger charge is -2.02. The van der Waals surface area contributed by atoms with Crippen LogP contribution >= 0.6 is 0 Å². The number of H-pyrrole nitrogens is 2. The van der Waals surface area contributed by atoms with Crippen LogP contribution in [-0.2, 0) is 0 Å². The van der Waals surface area contributed by atoms with Crippen molar-refractivity contribution >= 4 is 27.8 Å². The Labute approximate surface area is 175 Å². The summed E-state index contributed by atoms with van der Waals surface area (Å²) in [6.07, 6.45) is 10.5. The fourth-order valence-electron chi connectivity index (χ4n) is 3.63. The van der Waals surface area contributed by atoms with Crippen LogP contribution in [0, 0.1) is 6.92 Å². The molecule has 150 valence electrons. The number of pyridine rings is 3. The number of imidazole rings is 2. The van der Waals surface area contributed by atoms with Crippen LogP contribution in [0.4, 0.5) is 5.69 Å². The van der Waals surface area contributed by atoms with E-state index in [1.165, 1.54) is 0 Å². The molecule has 0 unspecified atom stereocenters. The maximum Gasteiger partial charge on any atom is 0.180 e. The predicted molar refractivity (Wildman–Crippen MR) is 116 cm³/mol. The molecule has 6 heterocycles. The molecular weight excluding hydrogens is 392 g/mol. The smallest absolute Gasteiger partial charge is 0.180 e. The molecule has 0 spiro atoms. The van der Waals surface area contributed by atoms with Crippen molar-refractivity contribution in [2.75, 3.05) is 5.73 Å². The summed E-state index contributed by atoms with van der Waals surface area (Å²) in [5.74, 6) is 0.612. The zero-order chi connectivity index (χ0) is 20.9. The summed E-state index contributed by atoms with van der Waals surface area (Å²) in [7, 11) is 0. The van der Waals surface area contributed by atoms with E-state index in [0.29, 0.717) is 22.9 Å². The average molecular weight is 408 g/mol. The van der Waals surface area contributed by atoms with E-state index in [4.69, 9.17) is 5.73 Å². The number of hydrogen-bond donors (Lipinski definition) is 3. The van der Waals surface area contributed by atoms with Crippen molar-refractivity contribution in [1.82, 2.24) is 44.7 Å². The van der Waals surface area contributed by atoms with Crippen molar-refractivity contribution < 1.29 is 0 Å². The molecule has 10 nitrogen and oxygen atoms in total. The SMILES string of the molecule is Cc1cn(-c2ccnc3nc(-c4n[nH]c5cnc(-c6cncc(N)c6)cc45)[nH]c23)cn1. The van der Waals surface area contributed by atoms with Gasteiger partial charge in [-0.25, -0.2) is 15.0 Å². The highest BCUT2D eigenvalue weighted by molar-refractivity contribution is 5.95. The number of nitrogen functional groups attached to an aromatic ring is 1. The van der Waals surface area contributed by atoms with Crippen molar-refractivity contribution in [1.29, 1.82) is 0 Å². The van der Waals surface area contributed by atoms with E-state index in [0.717, 1.165) is 39.1 Å². The van der Waals surface area contributed by atoms with Gasteiger partial charge in [-0.2, -0.15) is 5.10 Å². The van der Waals surface area contributed by atoms with Crippen LogP contribution in [0.25, 0.3) is 50.5 Å². The molecule has 31 heavy (non-hydrogen) atoms. The van der Waals surface area contributed by atoms with Gasteiger partial charge in [0.25, 0.3) is 0 Å². The van der Waals surface area contributed by atoms with Crippen molar-refractivity contribution in [2.24, 2.45) is 0 Å². The third-order valence-corrected chi connectivity index (χ3v) is 5.09. The Morgan fingerprint density at radius 2 is 2.00 bits per heavy atom. The zero-order valence-electron chi connectivity index (χ0n) is 16.4. The minimum absolute atomic E-state index is 0.581. The Balaban J connectivity index is 1.51. The Kier molecular flexibility index (Phi) is 3.60. The first-order valence-electron chi connectivity index (χ1n) is 9.57. The molecule has 0 bridgehead atoms. The van der Waals surface area contributed by atoms with Crippen molar-refractivity contribution in [3.05, 3.63) is 61.2 Å². The lowest BCUT2D eigenvalue weighted by molar-refractivity contribution is 1.06. The molecule has 0 amide bonds. The molecule has 6 rings (SSSR count). The number of nitrogens with one attached hydrogen (secondary N) is 2. The number of aromatic nitrogens is 9. The highest BCUT2D eigenvalue weighted by Gasteiger charge is 2.17. The van der Waals surface area contributed by atoms with Crippen LogP contribution in [0.1, 0.15) is 5.69 Å². The second kappa shape index (κ2) is 6.46. The van der Waals surface area contributed by atoms with Crippen LogP contribution in [-0.4, -0.2) is 44.7 Å². The molecule has 6 aromatic rings. The molecule has 0 saturated heterocycles. The third kappa shape index (κ3) is 2.81. The first-order chi connectivity index (χ1) is 15.2. The van der Waals surface area contributed by atoms with Gasteiger partial charge in [-0.1, -0.05) is 0 Å². The van der Waals surface area contributed by atoms with Gasteiger partial charge in [0.05, 0.1) is 40.8 Å². The van der Waals surface area contributed by atoms with E-state index < -0.39 is 0 Å². The van der Waals surface area contributed by atoms with Gasteiger partial charge < -0.3 is 15.3 Å². The topological polar surface area (TPSA) is 140 Å². The summed E-state index contributed by atoms with van der Waals surface area (Å²) >= 11 is 0. The van der Waals surface area contributed by atoms with Gasteiger partial charge in [0.2, 0.25) is 0 Å². The van der Waals surface area contributed by atoms with Crippen LogP contribution < -0.4 is 5.73 Å². The van der Waals surface area contributed by atoms with E-state index in [1.807, 2.05) is 35.9 Å². The van der Waals surface area contributed by atoms with Crippen molar-refractivity contribution in [3.63, 3.8) is 0 Å². The highest BCUT2D eigenvalue weighted by atomic mass is 15.2. The standard InChI is InChI=1S/C21H16N10/c1-11-9-31(10-26-11)17-2-3-24-20-19(17)27-21(28-20)18-14-5-15(25-8-16(14)29-30-18)12-4-13(22)7-23-6-12/h2-10H,22H2,1H3,(H,29,30)(H,24,27,28). The van der Waals surface area contributed by atoms with Gasteiger partial charge in [0.15, 0.2) is 11.5 Å². The van der Waals surface area contributed by atoms with Crippen LogP contribution in [0.2, 0.25) is 0 Å². The van der Waals surface area contributed by atoms with E-state index in [-0.39, 0.29) is 0 Å². The largest absolute Gasteiger partial charge is 0.397 e. The van der Waals surface area contributed by atoms with Gasteiger partial charge in [-0.15, -0.1) is 0 Å². The first kappa shape index (κ1) is 17.3. The number of aromatic amines is 2. The molecule has 0 fully saturated rings. The number of fused-ring (bicyclic) bond motifs is 2. The molecule has 0 atom stereocenters. The van der Waals surface area contributed by atoms with Crippen LogP contribution in [0.5, 0.6) is 0 Å². The lowest BCUT2D eigenvalue weighted by atomic mass is 10.1. The summed E-state index contributed by atoms with van der Waals surface area (Å²) < 4.78 is 1.94. The zero-order valence-corrected chi connectivity index (χ0v) is 16.4. The maximum absolute atomic E-state index is 5.88. The average Bonchev–Trinajstić information content (AvgIpc) is 3.50. The first-order valence-corrected chi connectivity index (χ1v) is 9.57. The second-order valence-corrected chi connectivity index (χ2v) is 7.23. The van der Waals surface area contributed by atoms with Crippen molar-refractivity contribution in [3.8, 4) is 28.5 Å². The summed E-state index contributed by atoms with van der Waals surface area (Å²) in [5.41, 5.74) is 12.8.